The molecule has 0 spiro atoms. The average Bonchev–Trinajstić information content (AvgIpc) is 2.82. The van der Waals surface area contributed by atoms with Crippen LogP contribution in [0.15, 0.2) is 0 Å². The van der Waals surface area contributed by atoms with Crippen molar-refractivity contribution in [1.82, 2.24) is 13.9 Å². The van der Waals surface area contributed by atoms with Crippen LogP contribution in [-0.4, -0.2) is 68.0 Å². The molecule has 2 heterocycles. The maximum Gasteiger partial charge on any atom is 0.307 e. The van der Waals surface area contributed by atoms with Gasteiger partial charge in [-0.05, 0) is 39.3 Å². The van der Waals surface area contributed by atoms with Crippen molar-refractivity contribution in [3.63, 3.8) is 0 Å². The molecular weight excluding hydrogens is 282 g/mol. The van der Waals surface area contributed by atoms with Gasteiger partial charge in [-0.3, -0.25) is 4.79 Å². The van der Waals surface area contributed by atoms with Gasteiger partial charge in [0.1, 0.15) is 0 Å². The first-order chi connectivity index (χ1) is 9.40. The number of hydrogen-bond donors (Lipinski definition) is 2. The van der Waals surface area contributed by atoms with Gasteiger partial charge in [0, 0.05) is 25.7 Å². The van der Waals surface area contributed by atoms with Crippen molar-refractivity contribution in [3.8, 4) is 0 Å². The van der Waals surface area contributed by atoms with Gasteiger partial charge in [0.25, 0.3) is 10.2 Å². The van der Waals surface area contributed by atoms with Crippen LogP contribution in [-0.2, 0) is 15.0 Å². The van der Waals surface area contributed by atoms with E-state index in [4.69, 9.17) is 5.11 Å². The smallest absolute Gasteiger partial charge is 0.307 e. The fraction of sp³-hybridized carbons (Fsp3) is 0.917. The largest absolute Gasteiger partial charge is 0.481 e. The first kappa shape index (κ1) is 15.7. The summed E-state index contributed by atoms with van der Waals surface area (Å²) in [5.74, 6) is -1.50. The van der Waals surface area contributed by atoms with Crippen LogP contribution in [0.2, 0.25) is 0 Å². The molecule has 2 N–H and O–H groups in total. The third-order valence-electron chi connectivity index (χ3n) is 4.25. The van der Waals surface area contributed by atoms with E-state index < -0.39 is 22.1 Å². The maximum atomic E-state index is 12.2. The van der Waals surface area contributed by atoms with E-state index in [0.717, 1.165) is 19.4 Å². The molecule has 20 heavy (non-hydrogen) atoms. The third-order valence-corrected chi connectivity index (χ3v) is 5.79. The first-order valence-electron chi connectivity index (χ1n) is 7.08. The lowest BCUT2D eigenvalue weighted by molar-refractivity contribution is -0.142. The summed E-state index contributed by atoms with van der Waals surface area (Å²) in [7, 11) is -1.57. The molecule has 2 atom stereocenters. The Labute approximate surface area is 120 Å². The Balaban J connectivity index is 1.90. The summed E-state index contributed by atoms with van der Waals surface area (Å²) in [6.07, 6.45) is 3.23. The summed E-state index contributed by atoms with van der Waals surface area (Å²) in [6, 6.07) is 0.241. The quantitative estimate of drug-likeness (QED) is 0.728. The number of carbonyl (C=O) groups is 1. The van der Waals surface area contributed by atoms with E-state index in [1.807, 2.05) is 7.05 Å². The molecule has 0 aromatic carbocycles. The van der Waals surface area contributed by atoms with Crippen LogP contribution in [0.5, 0.6) is 0 Å². The highest BCUT2D eigenvalue weighted by Gasteiger charge is 2.33. The number of piperidine rings is 1. The molecule has 2 aliphatic rings. The van der Waals surface area contributed by atoms with Gasteiger partial charge in [0.05, 0.1) is 5.92 Å². The highest BCUT2D eigenvalue weighted by atomic mass is 32.2. The maximum absolute atomic E-state index is 12.2. The lowest BCUT2D eigenvalue weighted by atomic mass is 10.0. The van der Waals surface area contributed by atoms with Gasteiger partial charge in [-0.2, -0.15) is 12.7 Å². The van der Waals surface area contributed by atoms with Crippen LogP contribution in [0, 0.1) is 5.92 Å². The van der Waals surface area contributed by atoms with Crippen molar-refractivity contribution in [2.75, 3.05) is 33.2 Å². The van der Waals surface area contributed by atoms with E-state index in [1.54, 1.807) is 0 Å². The number of nitrogens with zero attached hydrogens (tertiary/aromatic N) is 2. The molecule has 116 valence electrons. The highest BCUT2D eigenvalue weighted by Crippen LogP contribution is 2.19. The van der Waals surface area contributed by atoms with Gasteiger partial charge in [-0.1, -0.05) is 0 Å². The first-order valence-corrected chi connectivity index (χ1v) is 8.52. The normalized spacial score (nSPS) is 29.6. The zero-order valence-corrected chi connectivity index (χ0v) is 12.6. The van der Waals surface area contributed by atoms with Crippen LogP contribution in [0.4, 0.5) is 0 Å². The van der Waals surface area contributed by atoms with Crippen molar-refractivity contribution in [1.29, 1.82) is 0 Å². The second-order valence-electron chi connectivity index (χ2n) is 5.67. The second kappa shape index (κ2) is 6.38. The van der Waals surface area contributed by atoms with Gasteiger partial charge in [0.15, 0.2) is 0 Å². The van der Waals surface area contributed by atoms with Crippen LogP contribution in [0.25, 0.3) is 0 Å². The summed E-state index contributed by atoms with van der Waals surface area (Å²) in [5, 5.41) is 9.01. The van der Waals surface area contributed by atoms with Crippen molar-refractivity contribution in [2.45, 2.75) is 31.7 Å². The number of hydrogen-bond acceptors (Lipinski definition) is 4. The molecular formula is C12H23N3O4S. The molecule has 2 unspecified atom stereocenters. The second-order valence-corrected chi connectivity index (χ2v) is 7.42. The number of likely N-dealkylation sites (tertiary alicyclic amines) is 1. The van der Waals surface area contributed by atoms with Gasteiger partial charge in [-0.15, -0.1) is 0 Å². The molecule has 2 rings (SSSR count). The zero-order valence-electron chi connectivity index (χ0n) is 11.8. The predicted octanol–water partition coefficient (Wildman–Crippen LogP) is -0.288. The number of carboxylic acid groups (broad SMARTS) is 1. The molecule has 0 aromatic rings. The van der Waals surface area contributed by atoms with Crippen LogP contribution in [0.3, 0.4) is 0 Å². The van der Waals surface area contributed by atoms with Gasteiger partial charge in [-0.25, -0.2) is 4.72 Å². The number of likely N-dealkylation sites (N-methyl/N-ethyl adjacent to an activating group) is 1. The topological polar surface area (TPSA) is 90.0 Å². The molecule has 0 amide bonds. The number of aliphatic carboxylic acids is 1. The highest BCUT2D eigenvalue weighted by molar-refractivity contribution is 7.87. The third kappa shape index (κ3) is 3.69. The number of carboxylic acids is 1. The summed E-state index contributed by atoms with van der Waals surface area (Å²) in [5.41, 5.74) is 0. The van der Waals surface area contributed by atoms with Crippen molar-refractivity contribution in [2.24, 2.45) is 5.92 Å². The summed E-state index contributed by atoms with van der Waals surface area (Å²) in [6.45, 7) is 1.87. The van der Waals surface area contributed by atoms with Crippen LogP contribution < -0.4 is 4.72 Å². The molecule has 2 saturated heterocycles. The molecule has 7 nitrogen and oxygen atoms in total. The molecule has 0 bridgehead atoms. The van der Waals surface area contributed by atoms with E-state index in [2.05, 4.69) is 9.62 Å². The molecule has 2 fully saturated rings. The number of rotatable bonds is 5. The average molecular weight is 305 g/mol. The summed E-state index contributed by atoms with van der Waals surface area (Å²) >= 11 is 0. The van der Waals surface area contributed by atoms with Gasteiger partial charge in [0.2, 0.25) is 0 Å². The Kier molecular flexibility index (Phi) is 5.00. The van der Waals surface area contributed by atoms with E-state index in [-0.39, 0.29) is 12.6 Å². The van der Waals surface area contributed by atoms with Crippen molar-refractivity contribution in [3.05, 3.63) is 0 Å². The summed E-state index contributed by atoms with van der Waals surface area (Å²) in [4.78, 5) is 13.1. The van der Waals surface area contributed by atoms with E-state index in [0.29, 0.717) is 25.9 Å². The minimum Gasteiger partial charge on any atom is -0.481 e. The Morgan fingerprint density at radius 3 is 2.60 bits per heavy atom. The Hall–Kier alpha value is -0.700. The monoisotopic (exact) mass is 305 g/mol. The molecule has 2 aliphatic heterocycles. The van der Waals surface area contributed by atoms with Gasteiger partial charge < -0.3 is 10.0 Å². The molecule has 0 radical (unpaired) electrons. The zero-order chi connectivity index (χ0) is 14.8. The fourth-order valence-electron chi connectivity index (χ4n) is 2.89. The Bertz CT molecular complexity index is 454. The molecule has 0 aliphatic carbocycles. The fourth-order valence-corrected chi connectivity index (χ4v) is 4.22. The molecule has 0 saturated carbocycles. The van der Waals surface area contributed by atoms with Crippen LogP contribution in [0.1, 0.15) is 25.7 Å². The lowest BCUT2D eigenvalue weighted by Crippen LogP contribution is -2.49. The van der Waals surface area contributed by atoms with Crippen molar-refractivity contribution < 1.29 is 18.3 Å². The SMILES string of the molecule is CN1CCCC1CNS(=O)(=O)N1CCCC(C(=O)O)C1. The Morgan fingerprint density at radius 2 is 2.00 bits per heavy atom. The minimum absolute atomic E-state index is 0.0746. The standard InChI is InChI=1S/C12H23N3O4S/c1-14-6-3-5-11(14)8-13-20(18,19)15-7-2-4-10(9-15)12(16)17/h10-11,13H,2-9H2,1H3,(H,16,17). The van der Waals surface area contributed by atoms with Gasteiger partial charge >= 0.3 is 5.97 Å². The lowest BCUT2D eigenvalue weighted by Gasteiger charge is -2.30. The molecule has 8 heteroatoms. The predicted molar refractivity (Wildman–Crippen MR) is 74.5 cm³/mol. The van der Waals surface area contributed by atoms with Crippen LogP contribution >= 0.6 is 0 Å². The van der Waals surface area contributed by atoms with E-state index >= 15 is 0 Å². The molecule has 0 aromatic heterocycles. The van der Waals surface area contributed by atoms with Crippen molar-refractivity contribution >= 4 is 16.2 Å². The Morgan fingerprint density at radius 1 is 1.30 bits per heavy atom. The van der Waals surface area contributed by atoms with E-state index in [9.17, 15) is 13.2 Å². The van der Waals surface area contributed by atoms with E-state index in [1.165, 1.54) is 4.31 Å². The summed E-state index contributed by atoms with van der Waals surface area (Å²) < 4.78 is 28.3. The number of nitrogens with one attached hydrogen (secondary N) is 1. The minimum atomic E-state index is -3.57.